The molecule has 0 bridgehead atoms. The molecular formula is C30H29F2N3O5S. The van der Waals surface area contributed by atoms with E-state index in [0.717, 1.165) is 27.3 Å². The number of aromatic nitrogens is 1. The zero-order valence-electron chi connectivity index (χ0n) is 22.9. The summed E-state index contributed by atoms with van der Waals surface area (Å²) in [6, 6.07) is 15.1. The number of fused-ring (bicyclic) bond motifs is 2. The van der Waals surface area contributed by atoms with Crippen LogP contribution in [0, 0.1) is 5.82 Å². The predicted molar refractivity (Wildman–Crippen MR) is 152 cm³/mol. The van der Waals surface area contributed by atoms with Crippen molar-refractivity contribution in [3.8, 4) is 11.5 Å². The lowest BCUT2D eigenvalue weighted by Gasteiger charge is -2.24. The largest absolute Gasteiger partial charge is 0.497 e. The van der Waals surface area contributed by atoms with Crippen LogP contribution in [0.2, 0.25) is 0 Å². The first-order chi connectivity index (χ1) is 19.6. The van der Waals surface area contributed by atoms with E-state index in [-0.39, 0.29) is 42.5 Å². The minimum atomic E-state index is -3.76. The molecule has 1 aromatic heterocycles. The molecule has 0 aliphatic carbocycles. The van der Waals surface area contributed by atoms with Crippen LogP contribution in [0.5, 0.6) is 11.5 Å². The van der Waals surface area contributed by atoms with Crippen molar-refractivity contribution in [1.29, 1.82) is 0 Å². The fourth-order valence-corrected chi connectivity index (χ4v) is 5.51. The van der Waals surface area contributed by atoms with Gasteiger partial charge in [-0.2, -0.15) is 0 Å². The molecular weight excluding hydrogens is 552 g/mol. The Morgan fingerprint density at radius 3 is 2.37 bits per heavy atom. The standard InChI is InChI=1S/C30H29F2N3O5S/c1-34(41(3,37)38)28-24-15-21(14-19-4-8-22(32)9-5-19)16-33-27(24)29(26-25(28)17-35(13-12-31)30(26)36)40-18-20-6-10-23(39-2)11-7-20/h4-11,15-16H,12-14,17-18H2,1-3H3. The van der Waals surface area contributed by atoms with Gasteiger partial charge in [-0.1, -0.05) is 24.3 Å². The van der Waals surface area contributed by atoms with Gasteiger partial charge in [0.1, 0.15) is 30.4 Å². The molecule has 0 unspecified atom stereocenters. The molecule has 4 aromatic rings. The molecule has 0 N–H and O–H groups in total. The Bertz CT molecular complexity index is 1710. The Morgan fingerprint density at radius 1 is 1.05 bits per heavy atom. The summed E-state index contributed by atoms with van der Waals surface area (Å²) in [5.41, 5.74) is 3.59. The van der Waals surface area contributed by atoms with E-state index < -0.39 is 22.6 Å². The highest BCUT2D eigenvalue weighted by Gasteiger charge is 2.37. The number of halogens is 2. The van der Waals surface area contributed by atoms with Crippen molar-refractivity contribution < 1.29 is 31.5 Å². The number of pyridine rings is 1. The molecule has 0 spiro atoms. The molecule has 0 saturated carbocycles. The van der Waals surface area contributed by atoms with Crippen molar-refractivity contribution >= 4 is 32.5 Å². The van der Waals surface area contributed by atoms with E-state index in [1.807, 2.05) is 18.2 Å². The quantitative estimate of drug-likeness (QED) is 0.266. The highest BCUT2D eigenvalue weighted by molar-refractivity contribution is 7.92. The third kappa shape index (κ3) is 5.67. The lowest BCUT2D eigenvalue weighted by atomic mass is 9.98. The second-order valence-corrected chi connectivity index (χ2v) is 11.9. The Kier molecular flexibility index (Phi) is 7.81. The van der Waals surface area contributed by atoms with Crippen LogP contribution in [0.25, 0.3) is 10.9 Å². The highest BCUT2D eigenvalue weighted by atomic mass is 32.2. The van der Waals surface area contributed by atoms with Crippen LogP contribution < -0.4 is 13.8 Å². The van der Waals surface area contributed by atoms with Crippen LogP contribution >= 0.6 is 0 Å². The van der Waals surface area contributed by atoms with Gasteiger partial charge >= 0.3 is 0 Å². The molecule has 1 aliphatic heterocycles. The Labute approximate surface area is 237 Å². The van der Waals surface area contributed by atoms with E-state index in [0.29, 0.717) is 28.6 Å². The number of hydrogen-bond donors (Lipinski definition) is 0. The van der Waals surface area contributed by atoms with Crippen molar-refractivity contribution in [3.05, 3.63) is 94.4 Å². The van der Waals surface area contributed by atoms with E-state index >= 15 is 0 Å². The average Bonchev–Trinajstić information content (AvgIpc) is 3.27. The van der Waals surface area contributed by atoms with Gasteiger partial charge in [-0.3, -0.25) is 14.1 Å². The summed E-state index contributed by atoms with van der Waals surface area (Å²) in [4.78, 5) is 19.5. The first-order valence-electron chi connectivity index (χ1n) is 12.9. The molecule has 1 amide bonds. The number of ether oxygens (including phenoxy) is 2. The first kappa shape index (κ1) is 28.3. The third-order valence-electron chi connectivity index (χ3n) is 7.11. The maximum absolute atomic E-state index is 13.5. The van der Waals surface area contributed by atoms with Gasteiger partial charge in [0.2, 0.25) is 10.0 Å². The maximum atomic E-state index is 13.5. The minimum Gasteiger partial charge on any atom is -0.497 e. The molecule has 5 rings (SSSR count). The van der Waals surface area contributed by atoms with Gasteiger partial charge in [0.05, 0.1) is 24.6 Å². The van der Waals surface area contributed by atoms with Crippen LogP contribution in [-0.4, -0.2) is 57.8 Å². The Hall–Kier alpha value is -4.25. The van der Waals surface area contributed by atoms with Crippen molar-refractivity contribution in [2.75, 3.05) is 37.9 Å². The normalized spacial score (nSPS) is 13.0. The monoisotopic (exact) mass is 581 g/mol. The number of sulfonamides is 1. The van der Waals surface area contributed by atoms with E-state index in [9.17, 15) is 22.0 Å². The van der Waals surface area contributed by atoms with Crippen molar-refractivity contribution in [3.63, 3.8) is 0 Å². The molecule has 3 aromatic carbocycles. The number of alkyl halides is 1. The summed E-state index contributed by atoms with van der Waals surface area (Å²) in [5, 5.41) is 0.468. The lowest BCUT2D eigenvalue weighted by molar-refractivity contribution is 0.0764. The van der Waals surface area contributed by atoms with Crippen molar-refractivity contribution in [2.24, 2.45) is 0 Å². The smallest absolute Gasteiger partial charge is 0.258 e. The average molecular weight is 582 g/mol. The zero-order chi connectivity index (χ0) is 29.3. The molecule has 2 heterocycles. The number of hydrogen-bond acceptors (Lipinski definition) is 6. The van der Waals surface area contributed by atoms with Crippen LogP contribution in [0.3, 0.4) is 0 Å². The van der Waals surface area contributed by atoms with E-state index in [1.54, 1.807) is 37.6 Å². The molecule has 41 heavy (non-hydrogen) atoms. The van der Waals surface area contributed by atoms with E-state index in [1.165, 1.54) is 24.1 Å². The van der Waals surface area contributed by atoms with Crippen LogP contribution in [0.4, 0.5) is 14.5 Å². The van der Waals surface area contributed by atoms with Gasteiger partial charge in [-0.05, 0) is 53.4 Å². The zero-order valence-corrected chi connectivity index (χ0v) is 23.7. The number of nitrogens with zero attached hydrogens (tertiary/aromatic N) is 3. The number of benzene rings is 3. The summed E-state index contributed by atoms with van der Waals surface area (Å²) < 4.78 is 65.0. The van der Waals surface area contributed by atoms with E-state index in [2.05, 4.69) is 4.98 Å². The fraction of sp³-hybridized carbons (Fsp3) is 0.267. The second-order valence-electron chi connectivity index (χ2n) is 9.86. The maximum Gasteiger partial charge on any atom is 0.258 e. The fourth-order valence-electron chi connectivity index (χ4n) is 4.97. The van der Waals surface area contributed by atoms with E-state index in [4.69, 9.17) is 9.47 Å². The summed E-state index contributed by atoms with van der Waals surface area (Å²) in [6.45, 7) is -0.780. The molecule has 0 atom stereocenters. The van der Waals surface area contributed by atoms with Gasteiger partial charge < -0.3 is 14.4 Å². The Balaban J connectivity index is 1.69. The predicted octanol–water partition coefficient (Wildman–Crippen LogP) is 4.87. The van der Waals surface area contributed by atoms with Crippen molar-refractivity contribution in [2.45, 2.75) is 19.6 Å². The number of carbonyl (C=O) groups is 1. The van der Waals surface area contributed by atoms with Gasteiger partial charge in [0.25, 0.3) is 5.91 Å². The summed E-state index contributed by atoms with van der Waals surface area (Å²) in [5.74, 6) is 0.0839. The lowest BCUT2D eigenvalue weighted by Crippen LogP contribution is -2.27. The molecule has 1 aliphatic rings. The minimum absolute atomic E-state index is 0.0182. The second kappa shape index (κ2) is 11.3. The van der Waals surface area contributed by atoms with Crippen LogP contribution in [-0.2, 0) is 29.6 Å². The third-order valence-corrected chi connectivity index (χ3v) is 8.29. The molecule has 8 nitrogen and oxygen atoms in total. The number of amides is 1. The number of anilines is 1. The topological polar surface area (TPSA) is 89.0 Å². The van der Waals surface area contributed by atoms with Gasteiger partial charge in [0, 0.05) is 37.3 Å². The number of methoxy groups -OCH3 is 1. The molecule has 0 fully saturated rings. The van der Waals surface area contributed by atoms with Crippen molar-refractivity contribution in [1.82, 2.24) is 9.88 Å². The molecule has 0 saturated heterocycles. The SMILES string of the molecule is COc1ccc(COc2c3c(c(N(C)S(C)(=O)=O)c4cc(Cc5ccc(F)cc5)cnc24)CN(CCF)C3=O)cc1. The van der Waals surface area contributed by atoms with Gasteiger partial charge in [0.15, 0.2) is 5.75 Å². The summed E-state index contributed by atoms with van der Waals surface area (Å²) in [6.07, 6.45) is 3.11. The molecule has 11 heteroatoms. The first-order valence-corrected chi connectivity index (χ1v) is 14.7. The highest BCUT2D eigenvalue weighted by Crippen LogP contribution is 2.45. The Morgan fingerprint density at radius 2 is 1.73 bits per heavy atom. The van der Waals surface area contributed by atoms with Gasteiger partial charge in [-0.25, -0.2) is 17.2 Å². The number of rotatable bonds is 10. The summed E-state index contributed by atoms with van der Waals surface area (Å²) >= 11 is 0. The van der Waals surface area contributed by atoms with Gasteiger partial charge in [-0.15, -0.1) is 0 Å². The van der Waals surface area contributed by atoms with Crippen LogP contribution in [0.1, 0.15) is 32.6 Å². The molecule has 0 radical (unpaired) electrons. The van der Waals surface area contributed by atoms with Crippen LogP contribution in [0.15, 0.2) is 60.8 Å². The summed E-state index contributed by atoms with van der Waals surface area (Å²) in [7, 11) is -0.776. The molecule has 214 valence electrons. The number of carbonyl (C=O) groups excluding carboxylic acids is 1.